The molecular formula is C15H16ClNO3S. The van der Waals surface area contributed by atoms with E-state index in [0.29, 0.717) is 23.1 Å². The highest BCUT2D eigenvalue weighted by molar-refractivity contribution is 7.92. The molecule has 2 aromatic carbocycles. The average Bonchev–Trinajstić information content (AvgIpc) is 2.43. The minimum absolute atomic E-state index is 0.155. The Hall–Kier alpha value is -1.72. The molecule has 6 heteroatoms. The van der Waals surface area contributed by atoms with Crippen LogP contribution in [-0.2, 0) is 10.0 Å². The van der Waals surface area contributed by atoms with Gasteiger partial charge in [0.25, 0.3) is 10.0 Å². The quantitative estimate of drug-likeness (QED) is 0.908. The molecule has 0 saturated heterocycles. The molecule has 0 fully saturated rings. The van der Waals surface area contributed by atoms with E-state index in [0.717, 1.165) is 5.56 Å². The second kappa shape index (κ2) is 6.37. The lowest BCUT2D eigenvalue weighted by Gasteiger charge is -2.11. The monoisotopic (exact) mass is 325 g/mol. The first-order valence-electron chi connectivity index (χ1n) is 6.44. The van der Waals surface area contributed by atoms with Crippen LogP contribution in [-0.4, -0.2) is 15.0 Å². The second-order valence-corrected chi connectivity index (χ2v) is 6.58. The Morgan fingerprint density at radius 1 is 1.14 bits per heavy atom. The van der Waals surface area contributed by atoms with Crippen molar-refractivity contribution in [2.45, 2.75) is 18.7 Å². The first-order valence-corrected chi connectivity index (χ1v) is 8.30. The molecule has 0 unspecified atom stereocenters. The minimum atomic E-state index is -3.67. The first kappa shape index (κ1) is 15.7. The summed E-state index contributed by atoms with van der Waals surface area (Å²) in [4.78, 5) is 0.155. The van der Waals surface area contributed by atoms with Gasteiger partial charge in [0, 0.05) is 0 Å². The molecule has 0 bridgehead atoms. The van der Waals surface area contributed by atoms with Gasteiger partial charge in [-0.2, -0.15) is 0 Å². The van der Waals surface area contributed by atoms with Gasteiger partial charge in [-0.25, -0.2) is 8.42 Å². The van der Waals surface area contributed by atoms with Crippen LogP contribution in [0.4, 0.5) is 5.69 Å². The van der Waals surface area contributed by atoms with Crippen molar-refractivity contribution < 1.29 is 13.2 Å². The van der Waals surface area contributed by atoms with Gasteiger partial charge in [-0.3, -0.25) is 4.72 Å². The van der Waals surface area contributed by atoms with Crippen LogP contribution >= 0.6 is 11.6 Å². The van der Waals surface area contributed by atoms with Gasteiger partial charge < -0.3 is 4.74 Å². The van der Waals surface area contributed by atoms with Crippen LogP contribution < -0.4 is 9.46 Å². The van der Waals surface area contributed by atoms with Crippen molar-refractivity contribution >= 4 is 27.3 Å². The van der Waals surface area contributed by atoms with Crippen LogP contribution in [0.2, 0.25) is 5.02 Å². The topological polar surface area (TPSA) is 55.4 Å². The van der Waals surface area contributed by atoms with E-state index < -0.39 is 10.0 Å². The maximum Gasteiger partial charge on any atom is 0.261 e. The molecule has 0 amide bonds. The molecule has 2 aromatic rings. The Morgan fingerprint density at radius 3 is 2.38 bits per heavy atom. The number of halogens is 1. The summed E-state index contributed by atoms with van der Waals surface area (Å²) < 4.78 is 32.4. The van der Waals surface area contributed by atoms with Gasteiger partial charge in [-0.1, -0.05) is 17.7 Å². The van der Waals surface area contributed by atoms with Crippen LogP contribution in [0.25, 0.3) is 0 Å². The molecule has 4 nitrogen and oxygen atoms in total. The number of nitrogens with one attached hydrogen (secondary N) is 1. The zero-order chi connectivity index (χ0) is 15.5. The van der Waals surface area contributed by atoms with Crippen molar-refractivity contribution in [3.05, 3.63) is 53.1 Å². The van der Waals surface area contributed by atoms with E-state index >= 15 is 0 Å². The number of hydrogen-bond acceptors (Lipinski definition) is 3. The molecule has 112 valence electrons. The molecule has 0 saturated carbocycles. The van der Waals surface area contributed by atoms with Crippen LogP contribution in [0.5, 0.6) is 5.75 Å². The van der Waals surface area contributed by atoms with Crippen molar-refractivity contribution in [1.29, 1.82) is 0 Å². The summed E-state index contributed by atoms with van der Waals surface area (Å²) in [7, 11) is -3.67. The maximum atomic E-state index is 12.3. The van der Waals surface area contributed by atoms with Crippen LogP contribution in [0.3, 0.4) is 0 Å². The van der Waals surface area contributed by atoms with Gasteiger partial charge in [0.05, 0.1) is 22.2 Å². The lowest BCUT2D eigenvalue weighted by Crippen LogP contribution is -2.13. The van der Waals surface area contributed by atoms with E-state index in [1.54, 1.807) is 30.3 Å². The molecule has 2 rings (SSSR count). The van der Waals surface area contributed by atoms with Gasteiger partial charge >= 0.3 is 0 Å². The van der Waals surface area contributed by atoms with E-state index in [4.69, 9.17) is 16.3 Å². The van der Waals surface area contributed by atoms with Crippen molar-refractivity contribution in [1.82, 2.24) is 0 Å². The van der Waals surface area contributed by atoms with Crippen LogP contribution in [0.1, 0.15) is 12.5 Å². The van der Waals surface area contributed by atoms with E-state index in [2.05, 4.69) is 4.72 Å². The van der Waals surface area contributed by atoms with Crippen molar-refractivity contribution in [3.8, 4) is 5.75 Å². The van der Waals surface area contributed by atoms with Crippen LogP contribution in [0.15, 0.2) is 47.4 Å². The van der Waals surface area contributed by atoms with Gasteiger partial charge in [-0.05, 0) is 55.8 Å². The van der Waals surface area contributed by atoms with Crippen molar-refractivity contribution in [2.24, 2.45) is 0 Å². The number of benzene rings is 2. The second-order valence-electron chi connectivity index (χ2n) is 4.49. The Labute approximate surface area is 129 Å². The molecule has 21 heavy (non-hydrogen) atoms. The molecular weight excluding hydrogens is 310 g/mol. The van der Waals surface area contributed by atoms with E-state index in [1.807, 2.05) is 13.8 Å². The summed E-state index contributed by atoms with van der Waals surface area (Å²) in [6.45, 7) is 4.28. The average molecular weight is 326 g/mol. The summed E-state index contributed by atoms with van der Waals surface area (Å²) in [6, 6.07) is 11.4. The van der Waals surface area contributed by atoms with E-state index in [9.17, 15) is 8.42 Å². The van der Waals surface area contributed by atoms with Crippen molar-refractivity contribution in [3.63, 3.8) is 0 Å². The van der Waals surface area contributed by atoms with Gasteiger partial charge in [0.15, 0.2) is 0 Å². The minimum Gasteiger partial charge on any atom is -0.494 e. The lowest BCUT2D eigenvalue weighted by molar-refractivity contribution is 0.340. The van der Waals surface area contributed by atoms with Gasteiger partial charge in [-0.15, -0.1) is 0 Å². The highest BCUT2D eigenvalue weighted by Crippen LogP contribution is 2.26. The number of anilines is 1. The molecule has 0 radical (unpaired) electrons. The number of aryl methyl sites for hydroxylation is 1. The van der Waals surface area contributed by atoms with Crippen LogP contribution in [0, 0.1) is 6.92 Å². The molecule has 0 spiro atoms. The third kappa shape index (κ3) is 3.89. The third-order valence-electron chi connectivity index (χ3n) is 2.81. The standard InChI is InChI=1S/C15H16ClNO3S/c1-3-20-12-5-7-13(8-6-12)21(18,19)17-15-9-4-11(2)10-14(15)16/h4-10,17H,3H2,1-2H3. The van der Waals surface area contributed by atoms with Crippen molar-refractivity contribution in [2.75, 3.05) is 11.3 Å². The maximum absolute atomic E-state index is 12.3. The summed E-state index contributed by atoms with van der Waals surface area (Å²) in [6.07, 6.45) is 0. The third-order valence-corrected chi connectivity index (χ3v) is 4.51. The highest BCUT2D eigenvalue weighted by Gasteiger charge is 2.15. The summed E-state index contributed by atoms with van der Waals surface area (Å²) >= 11 is 6.04. The Morgan fingerprint density at radius 2 is 1.81 bits per heavy atom. The van der Waals surface area contributed by atoms with E-state index in [1.165, 1.54) is 12.1 Å². The predicted octanol–water partition coefficient (Wildman–Crippen LogP) is 3.85. The largest absolute Gasteiger partial charge is 0.494 e. The zero-order valence-electron chi connectivity index (χ0n) is 11.8. The molecule has 1 N–H and O–H groups in total. The molecule has 0 aliphatic rings. The summed E-state index contributed by atoms with van der Waals surface area (Å²) in [5, 5.41) is 0.365. The number of ether oxygens (including phenoxy) is 1. The fraction of sp³-hybridized carbons (Fsp3) is 0.200. The highest BCUT2D eigenvalue weighted by atomic mass is 35.5. The van der Waals surface area contributed by atoms with Gasteiger partial charge in [0.1, 0.15) is 5.75 Å². The first-order chi connectivity index (χ1) is 9.92. The fourth-order valence-electron chi connectivity index (χ4n) is 1.79. The smallest absolute Gasteiger partial charge is 0.261 e. The molecule has 0 atom stereocenters. The van der Waals surface area contributed by atoms with E-state index in [-0.39, 0.29) is 4.90 Å². The summed E-state index contributed by atoms with van der Waals surface area (Å²) in [5.74, 6) is 0.629. The predicted molar refractivity (Wildman–Crippen MR) is 84.6 cm³/mol. The summed E-state index contributed by atoms with van der Waals surface area (Å²) in [5.41, 5.74) is 1.32. The molecule has 0 aromatic heterocycles. The van der Waals surface area contributed by atoms with Gasteiger partial charge in [0.2, 0.25) is 0 Å². The lowest BCUT2D eigenvalue weighted by atomic mass is 10.2. The molecule has 0 aliphatic heterocycles. The molecule has 0 heterocycles. The Bertz CT molecular complexity index is 727. The number of sulfonamides is 1. The number of hydrogen-bond donors (Lipinski definition) is 1. The Kier molecular flexibility index (Phi) is 4.75. The fourth-order valence-corrected chi connectivity index (χ4v) is 3.21. The zero-order valence-corrected chi connectivity index (χ0v) is 13.3. The number of rotatable bonds is 5. The molecule has 0 aliphatic carbocycles. The normalized spacial score (nSPS) is 11.2. The SMILES string of the molecule is CCOc1ccc(S(=O)(=O)Nc2ccc(C)cc2Cl)cc1. The Balaban J connectivity index is 2.25.